The Hall–Kier alpha value is -0.900. The molecule has 2 heterocycles. The van der Waals surface area contributed by atoms with Crippen LogP contribution in [0.1, 0.15) is 23.9 Å². The lowest BCUT2D eigenvalue weighted by Gasteiger charge is -2.06. The second kappa shape index (κ2) is 3.35. The minimum Gasteiger partial charge on any atom is -0.212 e. The van der Waals surface area contributed by atoms with Crippen molar-refractivity contribution in [1.29, 1.82) is 0 Å². The Morgan fingerprint density at radius 2 is 2.14 bits per heavy atom. The molecule has 0 N–H and O–H groups in total. The second-order valence-corrected chi connectivity index (χ2v) is 4.13. The summed E-state index contributed by atoms with van der Waals surface area (Å²) in [5.41, 5.74) is 3.46. The molecule has 4 heteroatoms. The molecule has 0 fully saturated rings. The average molecular weight is 254 g/mol. The van der Waals surface area contributed by atoms with E-state index in [0.29, 0.717) is 0 Å². The molecule has 0 unspecified atom stereocenters. The van der Waals surface area contributed by atoms with E-state index in [-0.39, 0.29) is 0 Å². The number of aromatic nitrogens is 3. The molecular weight excluding hydrogens is 242 g/mol. The van der Waals surface area contributed by atoms with Gasteiger partial charge in [-0.25, -0.2) is 9.50 Å². The van der Waals surface area contributed by atoms with Gasteiger partial charge in [0.2, 0.25) is 0 Å². The summed E-state index contributed by atoms with van der Waals surface area (Å²) >= 11 is 3.57. The van der Waals surface area contributed by atoms with E-state index < -0.39 is 0 Å². The highest BCUT2D eigenvalue weighted by molar-refractivity contribution is 9.10. The molecule has 0 saturated carbocycles. The van der Waals surface area contributed by atoms with E-state index in [0.717, 1.165) is 22.5 Å². The van der Waals surface area contributed by atoms with Crippen LogP contribution in [0.25, 0.3) is 5.65 Å². The fourth-order valence-corrected chi connectivity index (χ4v) is 2.52. The summed E-state index contributed by atoms with van der Waals surface area (Å²) in [5.74, 6) is 0.804. The summed E-state index contributed by atoms with van der Waals surface area (Å²) in [4.78, 5) is 4.33. The van der Waals surface area contributed by atoms with Crippen LogP contribution in [0.4, 0.5) is 0 Å². The maximum absolute atomic E-state index is 4.33. The second-order valence-electron chi connectivity index (χ2n) is 3.38. The summed E-state index contributed by atoms with van der Waals surface area (Å²) in [7, 11) is 0. The molecular formula is C10H12BrN3. The van der Waals surface area contributed by atoms with Crippen molar-refractivity contribution >= 4 is 21.6 Å². The van der Waals surface area contributed by atoms with E-state index >= 15 is 0 Å². The van der Waals surface area contributed by atoms with Crippen molar-refractivity contribution in [3.05, 3.63) is 27.6 Å². The Balaban J connectivity index is 2.84. The zero-order chi connectivity index (χ0) is 10.3. The van der Waals surface area contributed by atoms with E-state index in [1.165, 1.54) is 11.1 Å². The van der Waals surface area contributed by atoms with Gasteiger partial charge < -0.3 is 0 Å². The number of pyridine rings is 1. The average Bonchev–Trinajstić information content (AvgIpc) is 2.47. The van der Waals surface area contributed by atoms with Crippen molar-refractivity contribution in [3.8, 4) is 0 Å². The van der Waals surface area contributed by atoms with E-state index in [1.54, 1.807) is 0 Å². The van der Waals surface area contributed by atoms with Crippen molar-refractivity contribution in [1.82, 2.24) is 14.6 Å². The van der Waals surface area contributed by atoms with Crippen LogP contribution in [0.2, 0.25) is 0 Å². The molecule has 3 nitrogen and oxygen atoms in total. The SMILES string of the molecule is CCc1c(C)cc2nc(C)nn2c1Br. The summed E-state index contributed by atoms with van der Waals surface area (Å²) in [5, 5.41) is 4.32. The number of hydrogen-bond acceptors (Lipinski definition) is 2. The molecule has 0 atom stereocenters. The number of fused-ring (bicyclic) bond motifs is 1. The quantitative estimate of drug-likeness (QED) is 0.732. The summed E-state index contributed by atoms with van der Waals surface area (Å²) in [6.07, 6.45) is 1.00. The van der Waals surface area contributed by atoms with Crippen LogP contribution < -0.4 is 0 Å². The lowest BCUT2D eigenvalue weighted by atomic mass is 10.1. The van der Waals surface area contributed by atoms with Crippen LogP contribution >= 0.6 is 15.9 Å². The Morgan fingerprint density at radius 1 is 1.43 bits per heavy atom. The molecule has 0 aliphatic carbocycles. The summed E-state index contributed by atoms with van der Waals surface area (Å²) < 4.78 is 2.87. The molecule has 0 amide bonds. The standard InChI is InChI=1S/C10H12BrN3/c1-4-8-6(2)5-9-12-7(3)13-14(9)10(8)11/h5H,4H2,1-3H3. The highest BCUT2D eigenvalue weighted by atomic mass is 79.9. The van der Waals surface area contributed by atoms with Gasteiger partial charge in [0, 0.05) is 0 Å². The normalized spacial score (nSPS) is 11.1. The molecule has 2 aromatic heterocycles. The number of nitrogens with zero attached hydrogens (tertiary/aromatic N) is 3. The van der Waals surface area contributed by atoms with Crippen LogP contribution in [0, 0.1) is 13.8 Å². The predicted molar refractivity (Wildman–Crippen MR) is 59.5 cm³/mol. The Labute approximate surface area is 91.3 Å². The third-order valence-electron chi connectivity index (χ3n) is 2.35. The van der Waals surface area contributed by atoms with Crippen LogP contribution in [0.5, 0.6) is 0 Å². The van der Waals surface area contributed by atoms with Crippen LogP contribution in [-0.4, -0.2) is 14.6 Å². The number of halogens is 1. The topological polar surface area (TPSA) is 30.2 Å². The van der Waals surface area contributed by atoms with Crippen molar-refractivity contribution in [2.45, 2.75) is 27.2 Å². The van der Waals surface area contributed by atoms with Gasteiger partial charge in [-0.05, 0) is 53.4 Å². The molecule has 74 valence electrons. The van der Waals surface area contributed by atoms with Gasteiger partial charge in [0.15, 0.2) is 5.65 Å². The molecule has 14 heavy (non-hydrogen) atoms. The van der Waals surface area contributed by atoms with Gasteiger partial charge in [0.1, 0.15) is 10.4 Å². The highest BCUT2D eigenvalue weighted by Crippen LogP contribution is 2.22. The monoisotopic (exact) mass is 253 g/mol. The third-order valence-corrected chi connectivity index (χ3v) is 3.16. The Kier molecular flexibility index (Phi) is 2.31. The number of aryl methyl sites for hydroxylation is 2. The zero-order valence-electron chi connectivity index (χ0n) is 8.50. The molecule has 0 saturated heterocycles. The summed E-state index contributed by atoms with van der Waals surface area (Å²) in [6.45, 7) is 6.15. The predicted octanol–water partition coefficient (Wildman–Crippen LogP) is 2.67. The van der Waals surface area contributed by atoms with Crippen molar-refractivity contribution in [3.63, 3.8) is 0 Å². The minimum atomic E-state index is 0.804. The van der Waals surface area contributed by atoms with E-state index in [2.05, 4.69) is 45.9 Å². The first-order chi connectivity index (χ1) is 6.63. The lowest BCUT2D eigenvalue weighted by Crippen LogP contribution is -1.98. The first kappa shape index (κ1) is 9.65. The lowest BCUT2D eigenvalue weighted by molar-refractivity contribution is 0.881. The van der Waals surface area contributed by atoms with Gasteiger partial charge in [-0.2, -0.15) is 5.10 Å². The minimum absolute atomic E-state index is 0.804. The molecule has 0 spiro atoms. The van der Waals surface area contributed by atoms with E-state index in [4.69, 9.17) is 0 Å². The van der Waals surface area contributed by atoms with Crippen LogP contribution in [-0.2, 0) is 6.42 Å². The largest absolute Gasteiger partial charge is 0.212 e. The van der Waals surface area contributed by atoms with Gasteiger partial charge in [0.05, 0.1) is 0 Å². The number of hydrogen-bond donors (Lipinski definition) is 0. The van der Waals surface area contributed by atoms with E-state index in [9.17, 15) is 0 Å². The zero-order valence-corrected chi connectivity index (χ0v) is 10.1. The van der Waals surface area contributed by atoms with Crippen molar-refractivity contribution in [2.75, 3.05) is 0 Å². The first-order valence-corrected chi connectivity index (χ1v) is 5.44. The Bertz CT molecular complexity index is 488. The van der Waals surface area contributed by atoms with Gasteiger partial charge >= 0.3 is 0 Å². The maximum atomic E-state index is 4.33. The van der Waals surface area contributed by atoms with Gasteiger partial charge in [-0.3, -0.25) is 0 Å². The maximum Gasteiger partial charge on any atom is 0.157 e. The van der Waals surface area contributed by atoms with E-state index in [1.807, 2.05) is 11.4 Å². The van der Waals surface area contributed by atoms with Crippen molar-refractivity contribution < 1.29 is 0 Å². The summed E-state index contributed by atoms with van der Waals surface area (Å²) in [6, 6.07) is 2.07. The fraction of sp³-hybridized carbons (Fsp3) is 0.400. The molecule has 0 bridgehead atoms. The fourth-order valence-electron chi connectivity index (χ4n) is 1.67. The van der Waals surface area contributed by atoms with Crippen molar-refractivity contribution in [2.24, 2.45) is 0 Å². The van der Waals surface area contributed by atoms with Gasteiger partial charge in [0.25, 0.3) is 0 Å². The molecule has 0 aromatic carbocycles. The molecule has 2 aromatic rings. The molecule has 0 aliphatic rings. The number of rotatable bonds is 1. The Morgan fingerprint density at radius 3 is 2.79 bits per heavy atom. The molecule has 0 radical (unpaired) electrons. The van der Waals surface area contributed by atoms with Gasteiger partial charge in [-0.1, -0.05) is 6.92 Å². The van der Waals surface area contributed by atoms with Crippen LogP contribution in [0.15, 0.2) is 10.7 Å². The highest BCUT2D eigenvalue weighted by Gasteiger charge is 2.09. The smallest absolute Gasteiger partial charge is 0.157 e. The molecule has 2 rings (SSSR count). The third kappa shape index (κ3) is 1.34. The molecule has 0 aliphatic heterocycles. The van der Waals surface area contributed by atoms with Crippen LogP contribution in [0.3, 0.4) is 0 Å². The first-order valence-electron chi connectivity index (χ1n) is 4.65. The van der Waals surface area contributed by atoms with Gasteiger partial charge in [-0.15, -0.1) is 0 Å².